The summed E-state index contributed by atoms with van der Waals surface area (Å²) in [5, 5.41) is 7.36. The lowest BCUT2D eigenvalue weighted by atomic mass is 9.93. The maximum absolute atomic E-state index is 5.37. The number of hydrogen-bond acceptors (Lipinski definition) is 5. The van der Waals surface area contributed by atoms with Gasteiger partial charge in [0.15, 0.2) is 5.82 Å². The molecule has 3 rings (SSSR count). The second-order valence-electron chi connectivity index (χ2n) is 5.99. The quantitative estimate of drug-likeness (QED) is 0.888. The molecule has 1 aromatic carbocycles. The molecule has 2 heterocycles. The molecule has 0 unspecified atom stereocenters. The van der Waals surface area contributed by atoms with E-state index in [1.54, 1.807) is 0 Å². The van der Waals surface area contributed by atoms with Crippen LogP contribution in [-0.4, -0.2) is 41.7 Å². The summed E-state index contributed by atoms with van der Waals surface area (Å²) < 4.78 is 5.37. The first-order chi connectivity index (χ1) is 10.8. The van der Waals surface area contributed by atoms with Crippen LogP contribution < -0.4 is 5.32 Å². The van der Waals surface area contributed by atoms with Gasteiger partial charge in [-0.3, -0.25) is 4.90 Å². The van der Waals surface area contributed by atoms with Gasteiger partial charge in [0.1, 0.15) is 0 Å². The van der Waals surface area contributed by atoms with E-state index >= 15 is 0 Å². The third-order valence-corrected chi connectivity index (χ3v) is 4.36. The molecule has 5 nitrogen and oxygen atoms in total. The van der Waals surface area contributed by atoms with Crippen LogP contribution in [0.25, 0.3) is 11.5 Å². The van der Waals surface area contributed by atoms with Crippen molar-refractivity contribution >= 4 is 0 Å². The third-order valence-electron chi connectivity index (χ3n) is 4.36. The molecular formula is C17H24N4O. The van der Waals surface area contributed by atoms with Gasteiger partial charge in [-0.25, -0.2) is 0 Å². The lowest BCUT2D eigenvalue weighted by Crippen LogP contribution is -2.34. The van der Waals surface area contributed by atoms with Crippen molar-refractivity contribution in [2.45, 2.75) is 25.8 Å². The summed E-state index contributed by atoms with van der Waals surface area (Å²) in [6, 6.07) is 9.93. The Morgan fingerprint density at radius 3 is 2.73 bits per heavy atom. The normalized spacial score (nSPS) is 17.0. The summed E-state index contributed by atoms with van der Waals surface area (Å²) in [6.07, 6.45) is 3.82. The van der Waals surface area contributed by atoms with E-state index in [0.29, 0.717) is 5.89 Å². The molecule has 1 saturated heterocycles. The lowest BCUT2D eigenvalue weighted by molar-refractivity contribution is 0.167. The fourth-order valence-corrected chi connectivity index (χ4v) is 3.00. The van der Waals surface area contributed by atoms with Crippen LogP contribution in [0, 0.1) is 5.92 Å². The Morgan fingerprint density at radius 1 is 1.23 bits per heavy atom. The van der Waals surface area contributed by atoms with Gasteiger partial charge in [-0.15, -0.1) is 0 Å². The Balaban J connectivity index is 1.51. The summed E-state index contributed by atoms with van der Waals surface area (Å²) >= 11 is 0. The summed E-state index contributed by atoms with van der Waals surface area (Å²) in [5.74, 6) is 2.25. The number of piperidine rings is 1. The average Bonchev–Trinajstić information content (AvgIpc) is 3.04. The predicted molar refractivity (Wildman–Crippen MR) is 86.3 cm³/mol. The maximum Gasteiger partial charge on any atom is 0.257 e. The minimum Gasteiger partial charge on any atom is -0.334 e. The van der Waals surface area contributed by atoms with Gasteiger partial charge in [0.25, 0.3) is 5.89 Å². The first-order valence-electron chi connectivity index (χ1n) is 8.10. The molecule has 1 N–H and O–H groups in total. The number of nitrogens with one attached hydrogen (secondary N) is 1. The molecule has 0 aliphatic carbocycles. The van der Waals surface area contributed by atoms with Crippen LogP contribution in [0.15, 0.2) is 34.9 Å². The minimum atomic E-state index is 0.611. The molecule has 2 aromatic rings. The molecule has 22 heavy (non-hydrogen) atoms. The van der Waals surface area contributed by atoms with Gasteiger partial charge in [-0.1, -0.05) is 23.4 Å². The van der Waals surface area contributed by atoms with Crippen LogP contribution in [0.3, 0.4) is 0 Å². The van der Waals surface area contributed by atoms with Gasteiger partial charge in [0.05, 0.1) is 6.54 Å². The van der Waals surface area contributed by atoms with E-state index in [2.05, 4.69) is 20.4 Å². The van der Waals surface area contributed by atoms with Gasteiger partial charge in [0, 0.05) is 5.56 Å². The third kappa shape index (κ3) is 3.93. The molecule has 0 radical (unpaired) electrons. The molecule has 1 aromatic heterocycles. The van der Waals surface area contributed by atoms with Gasteiger partial charge in [-0.05, 0) is 64.0 Å². The molecule has 0 atom stereocenters. The van der Waals surface area contributed by atoms with Crippen molar-refractivity contribution < 1.29 is 4.52 Å². The fraction of sp³-hybridized carbons (Fsp3) is 0.529. The number of benzene rings is 1. The molecule has 0 amide bonds. The van der Waals surface area contributed by atoms with Gasteiger partial charge < -0.3 is 9.84 Å². The lowest BCUT2D eigenvalue weighted by Gasteiger charge is -2.31. The van der Waals surface area contributed by atoms with Crippen LogP contribution in [0.1, 0.15) is 25.1 Å². The number of likely N-dealkylation sites (tertiary alicyclic amines) is 1. The number of hydrogen-bond donors (Lipinski definition) is 1. The highest BCUT2D eigenvalue weighted by molar-refractivity contribution is 5.51. The van der Waals surface area contributed by atoms with Crippen molar-refractivity contribution in [2.24, 2.45) is 5.92 Å². The molecular weight excluding hydrogens is 276 g/mol. The van der Waals surface area contributed by atoms with Crippen LogP contribution in [0.5, 0.6) is 0 Å². The molecule has 1 fully saturated rings. The van der Waals surface area contributed by atoms with Crippen molar-refractivity contribution in [2.75, 3.05) is 26.7 Å². The highest BCUT2D eigenvalue weighted by atomic mass is 16.5. The Bertz CT molecular complexity index is 561. The van der Waals surface area contributed by atoms with E-state index < -0.39 is 0 Å². The van der Waals surface area contributed by atoms with Gasteiger partial charge in [0.2, 0.25) is 0 Å². The number of nitrogens with zero attached hydrogens (tertiary/aromatic N) is 3. The largest absolute Gasteiger partial charge is 0.334 e. The smallest absolute Gasteiger partial charge is 0.257 e. The second-order valence-corrected chi connectivity index (χ2v) is 5.99. The highest BCUT2D eigenvalue weighted by Crippen LogP contribution is 2.22. The Kier molecular flexibility index (Phi) is 5.19. The maximum atomic E-state index is 5.37. The Morgan fingerprint density at radius 2 is 2.00 bits per heavy atom. The summed E-state index contributed by atoms with van der Waals surface area (Å²) in [5.41, 5.74) is 0.979. The van der Waals surface area contributed by atoms with Crippen molar-refractivity contribution in [3.63, 3.8) is 0 Å². The van der Waals surface area contributed by atoms with E-state index in [0.717, 1.165) is 43.5 Å². The summed E-state index contributed by atoms with van der Waals surface area (Å²) in [4.78, 5) is 6.94. The molecule has 0 saturated carbocycles. The Labute approximate surface area is 131 Å². The minimum absolute atomic E-state index is 0.611. The summed E-state index contributed by atoms with van der Waals surface area (Å²) in [6.45, 7) is 4.16. The number of aromatic nitrogens is 2. The molecule has 1 aliphatic heterocycles. The second kappa shape index (κ2) is 7.51. The first kappa shape index (κ1) is 15.2. The SMILES string of the molecule is CNCCC1CCN(Cc2noc(-c3ccccc3)n2)CC1. The van der Waals surface area contributed by atoms with E-state index in [1.165, 1.54) is 19.3 Å². The van der Waals surface area contributed by atoms with Crippen LogP contribution in [-0.2, 0) is 6.54 Å². The standard InChI is InChI=1S/C17H24N4O/c1-18-10-7-14-8-11-21(12-9-14)13-16-19-17(22-20-16)15-5-3-2-4-6-15/h2-6,14,18H,7-13H2,1H3. The van der Waals surface area contributed by atoms with Crippen molar-refractivity contribution in [1.82, 2.24) is 20.4 Å². The zero-order valence-electron chi connectivity index (χ0n) is 13.2. The zero-order chi connectivity index (χ0) is 15.2. The van der Waals surface area contributed by atoms with Crippen molar-refractivity contribution in [3.8, 4) is 11.5 Å². The molecule has 1 aliphatic rings. The Hall–Kier alpha value is -1.72. The van der Waals surface area contributed by atoms with E-state index in [-0.39, 0.29) is 0 Å². The van der Waals surface area contributed by atoms with Crippen LogP contribution >= 0.6 is 0 Å². The van der Waals surface area contributed by atoms with Crippen molar-refractivity contribution in [1.29, 1.82) is 0 Å². The van der Waals surface area contributed by atoms with Gasteiger partial charge in [-0.2, -0.15) is 4.98 Å². The van der Waals surface area contributed by atoms with Crippen molar-refractivity contribution in [3.05, 3.63) is 36.2 Å². The molecule has 5 heteroatoms. The molecule has 0 bridgehead atoms. The zero-order valence-corrected chi connectivity index (χ0v) is 13.2. The van der Waals surface area contributed by atoms with E-state index in [9.17, 15) is 0 Å². The average molecular weight is 300 g/mol. The topological polar surface area (TPSA) is 54.2 Å². The van der Waals surface area contributed by atoms with Crippen LogP contribution in [0.2, 0.25) is 0 Å². The predicted octanol–water partition coefficient (Wildman–Crippen LogP) is 2.56. The first-order valence-corrected chi connectivity index (χ1v) is 8.10. The highest BCUT2D eigenvalue weighted by Gasteiger charge is 2.20. The fourth-order valence-electron chi connectivity index (χ4n) is 3.00. The molecule has 0 spiro atoms. The number of rotatable bonds is 6. The summed E-state index contributed by atoms with van der Waals surface area (Å²) in [7, 11) is 2.02. The monoisotopic (exact) mass is 300 g/mol. The van der Waals surface area contributed by atoms with E-state index in [4.69, 9.17) is 4.52 Å². The molecule has 118 valence electrons. The van der Waals surface area contributed by atoms with Crippen LogP contribution in [0.4, 0.5) is 0 Å². The van der Waals surface area contributed by atoms with Gasteiger partial charge >= 0.3 is 0 Å². The van der Waals surface area contributed by atoms with E-state index in [1.807, 2.05) is 37.4 Å².